The summed E-state index contributed by atoms with van der Waals surface area (Å²) < 4.78 is 5.19. The lowest BCUT2D eigenvalue weighted by Gasteiger charge is -2.52. The first-order valence-corrected chi connectivity index (χ1v) is 5.83. The van der Waals surface area contributed by atoms with Crippen LogP contribution in [0.5, 0.6) is 0 Å². The van der Waals surface area contributed by atoms with E-state index in [1.165, 1.54) is 0 Å². The highest BCUT2D eigenvalue weighted by Gasteiger charge is 2.77. The molecule has 90 valence electrons. The zero-order chi connectivity index (χ0) is 12.0. The van der Waals surface area contributed by atoms with Crippen LogP contribution in [0.4, 0.5) is 0 Å². The quantitative estimate of drug-likeness (QED) is 0.533. The van der Waals surface area contributed by atoms with Gasteiger partial charge in [-0.25, -0.2) is 4.79 Å². The van der Waals surface area contributed by atoms with E-state index in [4.69, 9.17) is 16.3 Å². The van der Waals surface area contributed by atoms with Crippen LogP contribution in [0.3, 0.4) is 0 Å². The van der Waals surface area contributed by atoms with E-state index < -0.39 is 29.6 Å². The summed E-state index contributed by atoms with van der Waals surface area (Å²) in [6.07, 6.45) is 0.926. The number of alkyl halides is 1. The summed E-state index contributed by atoms with van der Waals surface area (Å²) in [5.74, 6) is -0.955. The van der Waals surface area contributed by atoms with Crippen LogP contribution in [0.15, 0.2) is 0 Å². The first-order chi connectivity index (χ1) is 7.58. The lowest BCUT2D eigenvalue weighted by atomic mass is 9.68. The van der Waals surface area contributed by atoms with Crippen molar-refractivity contribution in [3.8, 4) is 0 Å². The van der Waals surface area contributed by atoms with Crippen LogP contribution in [0.25, 0.3) is 0 Å². The van der Waals surface area contributed by atoms with Gasteiger partial charge in [0, 0.05) is 5.88 Å². The van der Waals surface area contributed by atoms with Crippen LogP contribution >= 0.6 is 11.6 Å². The second kappa shape index (κ2) is 3.60. The van der Waals surface area contributed by atoms with Gasteiger partial charge >= 0.3 is 5.97 Å². The molecule has 1 amide bonds. The van der Waals surface area contributed by atoms with Gasteiger partial charge < -0.3 is 15.2 Å². The Kier molecular flexibility index (Phi) is 2.62. The standard InChI is InChI=1S/C10H14ClNO4/c1-2-10-6(3-4-11)7(14)12-9(10,5-13)8(15)16-10/h6,13H,2-5H2,1H3,(H,12,14)/t6-,9-,10-/m0/s1. The Morgan fingerprint density at radius 3 is 2.69 bits per heavy atom. The minimum Gasteiger partial charge on any atom is -0.453 e. The van der Waals surface area contributed by atoms with Gasteiger partial charge in [0.15, 0.2) is 5.60 Å². The molecule has 16 heavy (non-hydrogen) atoms. The minimum absolute atomic E-state index is 0.262. The second-order valence-corrected chi connectivity index (χ2v) is 4.59. The summed E-state index contributed by atoms with van der Waals surface area (Å²) in [6, 6.07) is 0. The number of aliphatic hydroxyl groups excluding tert-OH is 1. The van der Waals surface area contributed by atoms with E-state index >= 15 is 0 Å². The van der Waals surface area contributed by atoms with Crippen molar-refractivity contribution in [2.45, 2.75) is 30.9 Å². The molecule has 0 aromatic carbocycles. The Bertz CT molecular complexity index is 348. The van der Waals surface area contributed by atoms with E-state index in [0.717, 1.165) is 0 Å². The lowest BCUT2D eigenvalue weighted by Crippen LogP contribution is -2.77. The molecular formula is C10H14ClNO4. The molecule has 3 atom stereocenters. The molecule has 2 aliphatic rings. The molecule has 2 saturated heterocycles. The molecule has 0 bridgehead atoms. The van der Waals surface area contributed by atoms with Crippen molar-refractivity contribution in [3.05, 3.63) is 0 Å². The van der Waals surface area contributed by atoms with E-state index in [-0.39, 0.29) is 5.91 Å². The normalized spacial score (nSPS) is 41.1. The fourth-order valence-corrected chi connectivity index (χ4v) is 3.05. The van der Waals surface area contributed by atoms with E-state index in [1.54, 1.807) is 0 Å². The average molecular weight is 248 g/mol. The maximum Gasteiger partial charge on any atom is 0.339 e. The number of carbonyl (C=O) groups excluding carboxylic acids is 2. The number of carbonyl (C=O) groups is 2. The predicted molar refractivity (Wildman–Crippen MR) is 55.9 cm³/mol. The predicted octanol–water partition coefficient (Wildman–Crippen LogP) is -0.202. The lowest BCUT2D eigenvalue weighted by molar-refractivity contribution is -0.231. The number of halogens is 1. The molecule has 0 unspecified atom stereocenters. The van der Waals surface area contributed by atoms with Gasteiger partial charge in [-0.05, 0) is 12.8 Å². The Balaban J connectivity index is 2.39. The van der Waals surface area contributed by atoms with Crippen molar-refractivity contribution in [1.29, 1.82) is 0 Å². The van der Waals surface area contributed by atoms with Crippen LogP contribution in [-0.2, 0) is 14.3 Å². The zero-order valence-electron chi connectivity index (χ0n) is 8.96. The van der Waals surface area contributed by atoms with Crippen LogP contribution in [0.2, 0.25) is 0 Å². The fraction of sp³-hybridized carbons (Fsp3) is 0.800. The molecule has 2 N–H and O–H groups in total. The third-order valence-corrected chi connectivity index (χ3v) is 3.94. The molecular weight excluding hydrogens is 234 g/mol. The number of esters is 1. The number of hydrogen-bond donors (Lipinski definition) is 2. The van der Waals surface area contributed by atoms with E-state index in [1.807, 2.05) is 6.92 Å². The Morgan fingerprint density at radius 2 is 2.25 bits per heavy atom. The number of nitrogens with one attached hydrogen (secondary N) is 1. The molecule has 5 nitrogen and oxygen atoms in total. The maximum atomic E-state index is 11.8. The van der Waals surface area contributed by atoms with Crippen LogP contribution < -0.4 is 5.32 Å². The van der Waals surface area contributed by atoms with Gasteiger partial charge in [-0.2, -0.15) is 0 Å². The molecule has 0 aromatic heterocycles. The number of amides is 1. The number of hydrogen-bond acceptors (Lipinski definition) is 4. The zero-order valence-corrected chi connectivity index (χ0v) is 9.71. The van der Waals surface area contributed by atoms with Crippen LogP contribution in [0, 0.1) is 5.92 Å². The molecule has 2 heterocycles. The summed E-state index contributed by atoms with van der Waals surface area (Å²) in [7, 11) is 0. The molecule has 0 spiro atoms. The fourth-order valence-electron chi connectivity index (χ4n) is 2.83. The number of fused-ring (bicyclic) bond motifs is 1. The van der Waals surface area contributed by atoms with Gasteiger partial charge in [-0.1, -0.05) is 6.92 Å². The first-order valence-electron chi connectivity index (χ1n) is 5.30. The SMILES string of the molecule is CC[C@@]12OC(=O)[C@]1(CO)NC(=O)[C@@H]2CCCl. The molecule has 0 radical (unpaired) electrons. The van der Waals surface area contributed by atoms with Gasteiger partial charge in [0.1, 0.15) is 0 Å². The van der Waals surface area contributed by atoms with E-state index in [0.29, 0.717) is 18.7 Å². The third-order valence-electron chi connectivity index (χ3n) is 3.72. The van der Waals surface area contributed by atoms with Crippen molar-refractivity contribution < 1.29 is 19.4 Å². The Hall–Kier alpha value is -0.810. The molecule has 0 saturated carbocycles. The molecule has 2 fully saturated rings. The number of ether oxygens (including phenoxy) is 1. The highest BCUT2D eigenvalue weighted by Crippen LogP contribution is 2.51. The van der Waals surface area contributed by atoms with Crippen LogP contribution in [0.1, 0.15) is 19.8 Å². The molecule has 2 aliphatic heterocycles. The highest BCUT2D eigenvalue weighted by atomic mass is 35.5. The summed E-state index contributed by atoms with van der Waals surface area (Å²) >= 11 is 5.64. The highest BCUT2D eigenvalue weighted by molar-refractivity contribution is 6.18. The van der Waals surface area contributed by atoms with E-state index in [9.17, 15) is 14.7 Å². The summed E-state index contributed by atoms with van der Waals surface area (Å²) in [5, 5.41) is 11.9. The summed E-state index contributed by atoms with van der Waals surface area (Å²) in [5.41, 5.74) is -2.15. The average Bonchev–Trinajstić information content (AvgIpc) is 2.47. The maximum absolute atomic E-state index is 11.8. The van der Waals surface area contributed by atoms with Crippen molar-refractivity contribution >= 4 is 23.5 Å². The Morgan fingerprint density at radius 1 is 1.56 bits per heavy atom. The van der Waals surface area contributed by atoms with Gasteiger partial charge in [0.25, 0.3) is 0 Å². The Labute approximate surface area is 98.1 Å². The summed E-state index contributed by atoms with van der Waals surface area (Å²) in [6.45, 7) is 1.41. The number of aliphatic hydroxyl groups is 1. The topological polar surface area (TPSA) is 75.6 Å². The molecule has 0 aromatic rings. The van der Waals surface area contributed by atoms with Gasteiger partial charge in [-0.15, -0.1) is 11.6 Å². The first kappa shape index (κ1) is 11.7. The molecule has 6 heteroatoms. The second-order valence-electron chi connectivity index (χ2n) is 4.22. The van der Waals surface area contributed by atoms with Crippen molar-refractivity contribution in [2.24, 2.45) is 5.92 Å². The van der Waals surface area contributed by atoms with Crippen LogP contribution in [-0.4, -0.2) is 40.6 Å². The smallest absolute Gasteiger partial charge is 0.339 e. The molecule has 0 aliphatic carbocycles. The van der Waals surface area contributed by atoms with E-state index in [2.05, 4.69) is 5.32 Å². The number of rotatable bonds is 4. The minimum atomic E-state index is -1.24. The van der Waals surface area contributed by atoms with Gasteiger partial charge in [-0.3, -0.25) is 4.79 Å². The van der Waals surface area contributed by atoms with Gasteiger partial charge in [0.2, 0.25) is 11.4 Å². The van der Waals surface area contributed by atoms with Crippen molar-refractivity contribution in [2.75, 3.05) is 12.5 Å². The van der Waals surface area contributed by atoms with Gasteiger partial charge in [0.05, 0.1) is 12.5 Å². The van der Waals surface area contributed by atoms with Crippen molar-refractivity contribution in [3.63, 3.8) is 0 Å². The summed E-state index contributed by atoms with van der Waals surface area (Å²) in [4.78, 5) is 23.3. The monoisotopic (exact) mass is 247 g/mol. The molecule has 2 rings (SSSR count). The van der Waals surface area contributed by atoms with Crippen molar-refractivity contribution in [1.82, 2.24) is 5.32 Å². The largest absolute Gasteiger partial charge is 0.453 e. The third kappa shape index (κ3) is 1.05.